The fourth-order valence-electron chi connectivity index (χ4n) is 3.39. The van der Waals surface area contributed by atoms with Crippen LogP contribution in [0.2, 0.25) is 0 Å². The van der Waals surface area contributed by atoms with E-state index in [0.717, 1.165) is 24.9 Å². The largest absolute Gasteiger partial charge is 0.246 e. The molecule has 3 rings (SSSR count). The Bertz CT molecular complexity index is 756. The zero-order chi connectivity index (χ0) is 17.0. The van der Waals surface area contributed by atoms with Gasteiger partial charge in [0.15, 0.2) is 0 Å². The number of aromatic nitrogens is 2. The van der Waals surface area contributed by atoms with Crippen molar-refractivity contribution < 1.29 is 8.42 Å². The van der Waals surface area contributed by atoms with Crippen LogP contribution in [0.25, 0.3) is 5.69 Å². The first-order chi connectivity index (χ1) is 11.6. The summed E-state index contributed by atoms with van der Waals surface area (Å²) < 4.78 is 29.1. The van der Waals surface area contributed by atoms with E-state index in [2.05, 4.69) is 12.0 Å². The van der Waals surface area contributed by atoms with Gasteiger partial charge in [0, 0.05) is 13.1 Å². The molecule has 24 heavy (non-hydrogen) atoms. The summed E-state index contributed by atoms with van der Waals surface area (Å²) in [5.41, 5.74) is 0.859. The molecule has 0 bridgehead atoms. The Balaban J connectivity index is 1.77. The summed E-state index contributed by atoms with van der Waals surface area (Å²) in [6, 6.07) is 9.56. The van der Waals surface area contributed by atoms with Gasteiger partial charge in [-0.1, -0.05) is 38.0 Å². The van der Waals surface area contributed by atoms with E-state index in [-0.39, 0.29) is 4.90 Å². The van der Waals surface area contributed by atoms with Crippen molar-refractivity contribution in [2.75, 3.05) is 13.1 Å². The Morgan fingerprint density at radius 3 is 2.71 bits per heavy atom. The van der Waals surface area contributed by atoms with E-state index in [1.807, 2.05) is 30.3 Å². The van der Waals surface area contributed by atoms with Gasteiger partial charge in [-0.3, -0.25) is 0 Å². The first kappa shape index (κ1) is 17.2. The van der Waals surface area contributed by atoms with Crippen LogP contribution in [-0.4, -0.2) is 35.6 Å². The molecule has 5 nitrogen and oxygen atoms in total. The Morgan fingerprint density at radius 1 is 1.17 bits per heavy atom. The molecule has 1 aliphatic heterocycles. The molecule has 0 radical (unpaired) electrons. The van der Waals surface area contributed by atoms with E-state index in [0.29, 0.717) is 19.0 Å². The lowest BCUT2D eigenvalue weighted by Crippen LogP contribution is -2.31. The van der Waals surface area contributed by atoms with Crippen LogP contribution in [0, 0.1) is 5.92 Å². The molecular weight excluding hydrogens is 322 g/mol. The molecule has 0 spiro atoms. The zero-order valence-electron chi connectivity index (χ0n) is 14.1. The van der Waals surface area contributed by atoms with E-state index in [1.54, 1.807) is 15.2 Å². The predicted molar refractivity (Wildman–Crippen MR) is 94.6 cm³/mol. The third-order valence-electron chi connectivity index (χ3n) is 4.72. The quantitative estimate of drug-likeness (QED) is 0.832. The SMILES string of the molecule is CCC[C@H]1CCCN(S(=O)(=O)c2cnn(-c3ccccc3)c2)CC1. The zero-order valence-corrected chi connectivity index (χ0v) is 15.0. The molecule has 1 aromatic carbocycles. The van der Waals surface area contributed by atoms with Crippen LogP contribution in [-0.2, 0) is 10.0 Å². The third kappa shape index (κ3) is 3.70. The Hall–Kier alpha value is -1.66. The van der Waals surface area contributed by atoms with Crippen LogP contribution in [0.1, 0.15) is 39.0 Å². The van der Waals surface area contributed by atoms with Crippen molar-refractivity contribution >= 4 is 10.0 Å². The van der Waals surface area contributed by atoms with Crippen molar-refractivity contribution in [3.05, 3.63) is 42.7 Å². The van der Waals surface area contributed by atoms with Gasteiger partial charge >= 0.3 is 0 Å². The Labute approximate surface area is 144 Å². The van der Waals surface area contributed by atoms with Gasteiger partial charge in [0.1, 0.15) is 4.90 Å². The van der Waals surface area contributed by atoms with Crippen molar-refractivity contribution in [2.45, 2.75) is 43.9 Å². The third-order valence-corrected chi connectivity index (χ3v) is 6.57. The number of hydrogen-bond acceptors (Lipinski definition) is 3. The molecule has 0 N–H and O–H groups in total. The van der Waals surface area contributed by atoms with Gasteiger partial charge in [-0.25, -0.2) is 13.1 Å². The number of hydrogen-bond donors (Lipinski definition) is 0. The number of sulfonamides is 1. The lowest BCUT2D eigenvalue weighted by atomic mass is 9.96. The molecule has 1 aliphatic rings. The highest BCUT2D eigenvalue weighted by Crippen LogP contribution is 2.26. The van der Waals surface area contributed by atoms with Crippen molar-refractivity contribution in [3.8, 4) is 5.69 Å². The van der Waals surface area contributed by atoms with Crippen molar-refractivity contribution in [1.82, 2.24) is 14.1 Å². The number of para-hydroxylation sites is 1. The van der Waals surface area contributed by atoms with Gasteiger partial charge in [0.25, 0.3) is 0 Å². The van der Waals surface area contributed by atoms with E-state index in [9.17, 15) is 8.42 Å². The summed E-state index contributed by atoms with van der Waals surface area (Å²) in [4.78, 5) is 0.278. The average molecular weight is 347 g/mol. The molecule has 0 aliphatic carbocycles. The summed E-state index contributed by atoms with van der Waals surface area (Å²) in [6.45, 7) is 3.42. The van der Waals surface area contributed by atoms with Crippen molar-refractivity contribution in [1.29, 1.82) is 0 Å². The highest BCUT2D eigenvalue weighted by Gasteiger charge is 2.28. The van der Waals surface area contributed by atoms with Crippen molar-refractivity contribution in [2.24, 2.45) is 5.92 Å². The van der Waals surface area contributed by atoms with Gasteiger partial charge < -0.3 is 0 Å². The van der Waals surface area contributed by atoms with Crippen LogP contribution in [0.4, 0.5) is 0 Å². The van der Waals surface area contributed by atoms with Crippen LogP contribution in [0.15, 0.2) is 47.6 Å². The number of nitrogens with zero attached hydrogens (tertiary/aromatic N) is 3. The van der Waals surface area contributed by atoms with Gasteiger partial charge in [0.05, 0.1) is 18.1 Å². The first-order valence-electron chi connectivity index (χ1n) is 8.71. The van der Waals surface area contributed by atoms with Crippen LogP contribution >= 0.6 is 0 Å². The molecule has 2 heterocycles. The standard InChI is InChI=1S/C18H25N3O2S/c1-2-7-16-8-6-12-20(13-11-16)24(22,23)18-14-19-21(15-18)17-9-4-3-5-10-17/h3-5,9-10,14-16H,2,6-8,11-13H2,1H3/t16-/m0/s1. The maximum absolute atomic E-state index is 12.9. The van der Waals surface area contributed by atoms with Crippen LogP contribution < -0.4 is 0 Å². The second-order valence-corrected chi connectivity index (χ2v) is 8.38. The topological polar surface area (TPSA) is 55.2 Å². The minimum Gasteiger partial charge on any atom is -0.240 e. The lowest BCUT2D eigenvalue weighted by Gasteiger charge is -2.19. The fourth-order valence-corrected chi connectivity index (χ4v) is 4.81. The molecule has 1 atom stereocenters. The second-order valence-electron chi connectivity index (χ2n) is 6.45. The van der Waals surface area contributed by atoms with E-state index in [4.69, 9.17) is 0 Å². The second kappa shape index (κ2) is 7.49. The van der Waals surface area contributed by atoms with Gasteiger partial charge in [0.2, 0.25) is 10.0 Å². The molecule has 1 fully saturated rings. The summed E-state index contributed by atoms with van der Waals surface area (Å²) in [6.07, 6.45) is 8.46. The molecule has 0 amide bonds. The minimum absolute atomic E-state index is 0.278. The summed E-state index contributed by atoms with van der Waals surface area (Å²) in [7, 11) is -3.46. The summed E-state index contributed by atoms with van der Waals surface area (Å²) in [5, 5.41) is 4.23. The monoisotopic (exact) mass is 347 g/mol. The van der Waals surface area contributed by atoms with E-state index >= 15 is 0 Å². The van der Waals surface area contributed by atoms with Gasteiger partial charge in [-0.05, 0) is 37.3 Å². The molecule has 6 heteroatoms. The summed E-state index contributed by atoms with van der Waals surface area (Å²) in [5.74, 6) is 0.655. The van der Waals surface area contributed by atoms with E-state index < -0.39 is 10.0 Å². The lowest BCUT2D eigenvalue weighted by molar-refractivity contribution is 0.400. The predicted octanol–water partition coefficient (Wildman–Crippen LogP) is 3.46. The van der Waals surface area contributed by atoms with Crippen LogP contribution in [0.3, 0.4) is 0 Å². The Morgan fingerprint density at radius 2 is 1.96 bits per heavy atom. The highest BCUT2D eigenvalue weighted by molar-refractivity contribution is 7.89. The smallest absolute Gasteiger partial charge is 0.240 e. The maximum Gasteiger partial charge on any atom is 0.246 e. The molecule has 0 unspecified atom stereocenters. The fraction of sp³-hybridized carbons (Fsp3) is 0.500. The molecule has 2 aromatic rings. The van der Waals surface area contributed by atoms with Crippen LogP contribution in [0.5, 0.6) is 0 Å². The maximum atomic E-state index is 12.9. The average Bonchev–Trinajstić information content (AvgIpc) is 2.98. The van der Waals surface area contributed by atoms with E-state index in [1.165, 1.54) is 19.0 Å². The Kier molecular flexibility index (Phi) is 5.36. The number of benzene rings is 1. The normalized spacial score (nSPS) is 20.0. The first-order valence-corrected chi connectivity index (χ1v) is 10.2. The molecule has 1 saturated heterocycles. The van der Waals surface area contributed by atoms with Gasteiger partial charge in [-0.15, -0.1) is 0 Å². The van der Waals surface area contributed by atoms with Crippen molar-refractivity contribution in [3.63, 3.8) is 0 Å². The number of rotatable bonds is 5. The summed E-state index contributed by atoms with van der Waals surface area (Å²) >= 11 is 0. The molecule has 1 aromatic heterocycles. The molecule has 0 saturated carbocycles. The minimum atomic E-state index is -3.46. The molecular formula is C18H25N3O2S. The highest BCUT2D eigenvalue weighted by atomic mass is 32.2. The molecule has 130 valence electrons. The van der Waals surface area contributed by atoms with Gasteiger partial charge in [-0.2, -0.15) is 9.40 Å².